The smallest absolute Gasteiger partial charge is 0.293 e. The second-order valence-corrected chi connectivity index (χ2v) is 10.4. The molecular formula is C26H20BrCl2NO4S. The van der Waals surface area contributed by atoms with Crippen molar-refractivity contribution in [1.29, 1.82) is 0 Å². The van der Waals surface area contributed by atoms with Crippen LogP contribution < -0.4 is 9.47 Å². The van der Waals surface area contributed by atoms with Gasteiger partial charge >= 0.3 is 0 Å². The van der Waals surface area contributed by atoms with Crippen LogP contribution in [0.4, 0.5) is 4.79 Å². The lowest BCUT2D eigenvalue weighted by Gasteiger charge is -2.13. The van der Waals surface area contributed by atoms with Gasteiger partial charge in [-0.05, 0) is 72.8 Å². The Morgan fingerprint density at radius 1 is 0.971 bits per heavy atom. The van der Waals surface area contributed by atoms with Crippen molar-refractivity contribution in [2.45, 2.75) is 13.5 Å². The van der Waals surface area contributed by atoms with Crippen LogP contribution in [0.2, 0.25) is 10.0 Å². The van der Waals surface area contributed by atoms with Gasteiger partial charge < -0.3 is 9.47 Å². The average molecular weight is 593 g/mol. The summed E-state index contributed by atoms with van der Waals surface area (Å²) in [5.74, 6) is 0.896. The lowest BCUT2D eigenvalue weighted by atomic mass is 10.1. The van der Waals surface area contributed by atoms with E-state index in [0.717, 1.165) is 27.4 Å². The molecule has 3 aromatic carbocycles. The molecule has 180 valence electrons. The molecule has 0 atom stereocenters. The van der Waals surface area contributed by atoms with Crippen LogP contribution in [0.5, 0.6) is 11.5 Å². The van der Waals surface area contributed by atoms with E-state index in [1.807, 2.05) is 49.4 Å². The Bertz CT molecular complexity index is 1300. The second kappa shape index (κ2) is 11.5. The maximum Gasteiger partial charge on any atom is 0.293 e. The fourth-order valence-corrected chi connectivity index (χ4v) is 4.83. The molecule has 0 aliphatic carbocycles. The third-order valence-electron chi connectivity index (χ3n) is 5.11. The number of hydrogen-bond acceptors (Lipinski definition) is 5. The molecule has 4 rings (SSSR count). The van der Waals surface area contributed by atoms with Crippen LogP contribution in [-0.4, -0.2) is 29.2 Å². The first-order valence-electron chi connectivity index (χ1n) is 10.6. The van der Waals surface area contributed by atoms with Gasteiger partial charge in [0.15, 0.2) is 0 Å². The Balaban J connectivity index is 1.44. The van der Waals surface area contributed by atoms with Crippen LogP contribution in [0.3, 0.4) is 0 Å². The zero-order valence-electron chi connectivity index (χ0n) is 18.6. The van der Waals surface area contributed by atoms with E-state index in [2.05, 4.69) is 15.9 Å². The van der Waals surface area contributed by atoms with Gasteiger partial charge in [0.25, 0.3) is 11.1 Å². The summed E-state index contributed by atoms with van der Waals surface area (Å²) in [5.41, 5.74) is 2.64. The predicted molar refractivity (Wildman–Crippen MR) is 144 cm³/mol. The Morgan fingerprint density at radius 2 is 1.74 bits per heavy atom. The zero-order valence-corrected chi connectivity index (χ0v) is 22.5. The largest absolute Gasteiger partial charge is 0.492 e. The molecule has 1 saturated heterocycles. The molecule has 0 saturated carbocycles. The molecule has 1 aliphatic heterocycles. The molecule has 1 aliphatic rings. The van der Waals surface area contributed by atoms with Gasteiger partial charge in [-0.15, -0.1) is 0 Å². The first-order chi connectivity index (χ1) is 16.8. The fraction of sp³-hybridized carbons (Fsp3) is 0.154. The van der Waals surface area contributed by atoms with Crippen LogP contribution in [-0.2, 0) is 11.4 Å². The van der Waals surface area contributed by atoms with Crippen molar-refractivity contribution < 1.29 is 19.1 Å². The van der Waals surface area contributed by atoms with Crippen molar-refractivity contribution in [3.63, 3.8) is 0 Å². The van der Waals surface area contributed by atoms with Crippen LogP contribution in [0.1, 0.15) is 16.7 Å². The number of hydrogen-bond donors (Lipinski definition) is 0. The van der Waals surface area contributed by atoms with E-state index in [1.165, 1.54) is 4.90 Å². The molecule has 9 heteroatoms. The SMILES string of the molecule is Cc1ccc(OCCN2C(=O)S/C(=C\c3cc(Br)ccc3OCc3ccc(Cl)c(Cl)c3)C2=O)cc1. The molecule has 0 spiro atoms. The fourth-order valence-electron chi connectivity index (χ4n) is 3.28. The highest BCUT2D eigenvalue weighted by molar-refractivity contribution is 9.10. The van der Waals surface area contributed by atoms with Gasteiger partial charge in [-0.2, -0.15) is 0 Å². The van der Waals surface area contributed by atoms with Crippen molar-refractivity contribution in [1.82, 2.24) is 4.90 Å². The van der Waals surface area contributed by atoms with Crippen molar-refractivity contribution in [2.24, 2.45) is 0 Å². The molecule has 3 aromatic rings. The maximum absolute atomic E-state index is 12.9. The zero-order chi connectivity index (χ0) is 24.9. The topological polar surface area (TPSA) is 55.8 Å². The van der Waals surface area contributed by atoms with Gasteiger partial charge in [0.2, 0.25) is 0 Å². The van der Waals surface area contributed by atoms with E-state index in [-0.39, 0.29) is 30.9 Å². The number of benzene rings is 3. The average Bonchev–Trinajstić information content (AvgIpc) is 3.09. The van der Waals surface area contributed by atoms with E-state index in [4.69, 9.17) is 32.7 Å². The maximum atomic E-state index is 12.9. The highest BCUT2D eigenvalue weighted by Crippen LogP contribution is 2.35. The minimum atomic E-state index is -0.358. The number of thioether (sulfide) groups is 1. The summed E-state index contributed by atoms with van der Waals surface area (Å²) in [4.78, 5) is 27.0. The second-order valence-electron chi connectivity index (χ2n) is 7.71. The number of aryl methyl sites for hydroxylation is 1. The van der Waals surface area contributed by atoms with Crippen molar-refractivity contribution >= 4 is 68.1 Å². The highest BCUT2D eigenvalue weighted by Gasteiger charge is 2.35. The monoisotopic (exact) mass is 591 g/mol. The van der Waals surface area contributed by atoms with E-state index in [1.54, 1.807) is 24.3 Å². The molecule has 35 heavy (non-hydrogen) atoms. The van der Waals surface area contributed by atoms with Gasteiger partial charge in [-0.1, -0.05) is 62.9 Å². The molecule has 0 aromatic heterocycles. The van der Waals surface area contributed by atoms with Gasteiger partial charge in [-0.3, -0.25) is 14.5 Å². The number of rotatable bonds is 8. The highest BCUT2D eigenvalue weighted by atomic mass is 79.9. The van der Waals surface area contributed by atoms with Crippen molar-refractivity contribution in [3.05, 3.63) is 96.8 Å². The molecule has 0 N–H and O–H groups in total. The van der Waals surface area contributed by atoms with Gasteiger partial charge in [0.05, 0.1) is 21.5 Å². The minimum Gasteiger partial charge on any atom is -0.492 e. The first-order valence-corrected chi connectivity index (χ1v) is 13.0. The number of halogens is 3. The Hall–Kier alpha value is -2.45. The molecule has 0 unspecified atom stereocenters. The molecule has 1 fully saturated rings. The van der Waals surface area contributed by atoms with Gasteiger partial charge in [-0.25, -0.2) is 0 Å². The Kier molecular flexibility index (Phi) is 8.44. The summed E-state index contributed by atoms with van der Waals surface area (Å²) < 4.78 is 12.5. The summed E-state index contributed by atoms with van der Waals surface area (Å²) >= 11 is 16.4. The number of amides is 2. The first kappa shape index (κ1) is 25.6. The van der Waals surface area contributed by atoms with Crippen LogP contribution in [0.15, 0.2) is 70.0 Å². The van der Waals surface area contributed by atoms with E-state index < -0.39 is 0 Å². The Labute approximate surface area is 226 Å². The van der Waals surface area contributed by atoms with Crippen LogP contribution >= 0.6 is 50.9 Å². The molecule has 5 nitrogen and oxygen atoms in total. The summed E-state index contributed by atoms with van der Waals surface area (Å²) in [6.45, 7) is 2.63. The minimum absolute atomic E-state index is 0.162. The summed E-state index contributed by atoms with van der Waals surface area (Å²) in [6, 6.07) is 18.4. The number of ether oxygens (including phenoxy) is 2. The lowest BCUT2D eigenvalue weighted by Crippen LogP contribution is -2.32. The summed E-state index contributed by atoms with van der Waals surface area (Å²) in [7, 11) is 0. The lowest BCUT2D eigenvalue weighted by molar-refractivity contribution is -0.123. The molecule has 1 heterocycles. The molecule has 0 bridgehead atoms. The Morgan fingerprint density at radius 3 is 2.49 bits per heavy atom. The van der Waals surface area contributed by atoms with Crippen LogP contribution in [0.25, 0.3) is 6.08 Å². The number of nitrogens with zero attached hydrogens (tertiary/aromatic N) is 1. The molecular weight excluding hydrogens is 573 g/mol. The van der Waals surface area contributed by atoms with Crippen molar-refractivity contribution in [3.8, 4) is 11.5 Å². The van der Waals surface area contributed by atoms with Gasteiger partial charge in [0.1, 0.15) is 24.7 Å². The molecule has 2 amide bonds. The van der Waals surface area contributed by atoms with Crippen molar-refractivity contribution in [2.75, 3.05) is 13.2 Å². The quantitative estimate of drug-likeness (QED) is 0.250. The van der Waals surface area contributed by atoms with Gasteiger partial charge in [0, 0.05) is 10.0 Å². The molecule has 0 radical (unpaired) electrons. The standard InChI is InChI=1S/C26H20BrCl2NO4S/c1-16-2-6-20(7-3-16)33-11-10-30-25(31)24(35-26(30)32)14-18-13-19(27)5-9-23(18)34-15-17-4-8-21(28)22(29)12-17/h2-9,12-14H,10-11,15H2,1H3/b24-14-. The third-order valence-corrected chi connectivity index (χ3v) is 7.25. The van der Waals surface area contributed by atoms with Crippen LogP contribution in [0, 0.1) is 6.92 Å². The predicted octanol–water partition coefficient (Wildman–Crippen LogP) is 7.76. The normalized spacial score (nSPS) is 14.6. The van der Waals surface area contributed by atoms with E-state index >= 15 is 0 Å². The summed E-state index contributed by atoms with van der Waals surface area (Å²) in [6.07, 6.45) is 1.67. The van der Waals surface area contributed by atoms with E-state index in [0.29, 0.717) is 32.0 Å². The van der Waals surface area contributed by atoms with E-state index in [9.17, 15) is 9.59 Å². The summed E-state index contributed by atoms with van der Waals surface area (Å²) in [5, 5.41) is 0.589. The number of imide groups is 1. The third kappa shape index (κ3) is 6.61. The number of carbonyl (C=O) groups is 2. The number of carbonyl (C=O) groups excluding carboxylic acids is 2.